The van der Waals surface area contributed by atoms with Crippen LogP contribution in [0.4, 0.5) is 0 Å². The minimum absolute atomic E-state index is 0.149. The summed E-state index contributed by atoms with van der Waals surface area (Å²) in [6.07, 6.45) is 2.88. The van der Waals surface area contributed by atoms with Gasteiger partial charge in [-0.05, 0) is 33.6 Å². The fraction of sp³-hybridized carbons (Fsp3) is 0.571. The van der Waals surface area contributed by atoms with Crippen molar-refractivity contribution >= 4 is 0 Å². The second kappa shape index (κ2) is 6.70. The van der Waals surface area contributed by atoms with E-state index in [-0.39, 0.29) is 17.4 Å². The van der Waals surface area contributed by atoms with E-state index in [9.17, 15) is 5.26 Å². The third-order valence-corrected chi connectivity index (χ3v) is 2.98. The zero-order valence-electron chi connectivity index (χ0n) is 12.0. The number of rotatable bonds is 6. The van der Waals surface area contributed by atoms with Gasteiger partial charge in [0.25, 0.3) is 0 Å². The molecule has 1 atom stereocenters. The van der Waals surface area contributed by atoms with Gasteiger partial charge in [-0.2, -0.15) is 15.8 Å². The Morgan fingerprint density at radius 2 is 2.05 bits per heavy atom. The minimum atomic E-state index is -0.584. The first-order chi connectivity index (χ1) is 9.45. The van der Waals surface area contributed by atoms with Gasteiger partial charge in [-0.15, -0.1) is 0 Å². The highest BCUT2D eigenvalue weighted by molar-refractivity contribution is 5.35. The highest BCUT2D eigenvalue weighted by Gasteiger charge is 2.23. The molecule has 0 aliphatic rings. The summed E-state index contributed by atoms with van der Waals surface area (Å²) in [7, 11) is 0. The summed E-state index contributed by atoms with van der Waals surface area (Å²) < 4.78 is 1.66. The Kier molecular flexibility index (Phi) is 5.26. The van der Waals surface area contributed by atoms with Gasteiger partial charge in [-0.25, -0.2) is 4.98 Å². The first-order valence-electron chi connectivity index (χ1n) is 6.50. The van der Waals surface area contributed by atoms with Crippen molar-refractivity contribution in [2.45, 2.75) is 51.7 Å². The quantitative estimate of drug-likeness (QED) is 0.847. The van der Waals surface area contributed by atoms with Crippen LogP contribution in [0.25, 0.3) is 0 Å². The van der Waals surface area contributed by atoms with Crippen LogP contribution in [0.5, 0.6) is 0 Å². The number of nitriles is 3. The van der Waals surface area contributed by atoms with Gasteiger partial charge >= 0.3 is 0 Å². The molecule has 6 heteroatoms. The minimum Gasteiger partial charge on any atom is -0.321 e. The number of aryl methyl sites for hydroxylation is 1. The summed E-state index contributed by atoms with van der Waals surface area (Å²) in [5.41, 5.74) is -0.154. The standard InChI is InChI=1S/C14H18N6/c1-11(2)19-14(3,9-17)5-4-6-20-10-18-12(7-15)13(20)8-16/h10-11,19H,4-6H2,1-3H3. The number of hydrogen-bond acceptors (Lipinski definition) is 5. The summed E-state index contributed by atoms with van der Waals surface area (Å²) >= 11 is 0. The van der Waals surface area contributed by atoms with Gasteiger partial charge < -0.3 is 4.57 Å². The van der Waals surface area contributed by atoms with Crippen molar-refractivity contribution in [3.63, 3.8) is 0 Å². The van der Waals surface area contributed by atoms with Crippen molar-refractivity contribution in [3.8, 4) is 18.2 Å². The highest BCUT2D eigenvalue weighted by Crippen LogP contribution is 2.14. The van der Waals surface area contributed by atoms with Crippen LogP contribution in [0.15, 0.2) is 6.33 Å². The van der Waals surface area contributed by atoms with E-state index in [4.69, 9.17) is 10.5 Å². The second-order valence-electron chi connectivity index (χ2n) is 5.21. The molecule has 20 heavy (non-hydrogen) atoms. The van der Waals surface area contributed by atoms with Crippen LogP contribution in [-0.4, -0.2) is 21.1 Å². The zero-order valence-corrected chi connectivity index (χ0v) is 12.0. The molecule has 1 rings (SSSR count). The zero-order chi connectivity index (χ0) is 15.2. The predicted octanol–water partition coefficient (Wildman–Crippen LogP) is 1.69. The molecule has 1 aromatic heterocycles. The van der Waals surface area contributed by atoms with Crippen molar-refractivity contribution in [2.24, 2.45) is 0 Å². The normalized spacial score (nSPS) is 13.2. The Balaban J connectivity index is 2.66. The van der Waals surface area contributed by atoms with Crippen LogP contribution in [0.2, 0.25) is 0 Å². The van der Waals surface area contributed by atoms with Gasteiger partial charge in [0.15, 0.2) is 11.4 Å². The SMILES string of the molecule is CC(C)NC(C)(C#N)CCCn1cnc(C#N)c1C#N. The van der Waals surface area contributed by atoms with E-state index in [0.29, 0.717) is 13.0 Å². The molecular weight excluding hydrogens is 252 g/mol. The van der Waals surface area contributed by atoms with E-state index in [1.807, 2.05) is 32.9 Å². The number of imidazole rings is 1. The second-order valence-corrected chi connectivity index (χ2v) is 5.21. The van der Waals surface area contributed by atoms with Crippen LogP contribution in [-0.2, 0) is 6.54 Å². The molecule has 0 saturated carbocycles. The first kappa shape index (κ1) is 15.7. The smallest absolute Gasteiger partial charge is 0.176 e. The van der Waals surface area contributed by atoms with Crippen LogP contribution in [0, 0.1) is 34.0 Å². The lowest BCUT2D eigenvalue weighted by molar-refractivity contribution is 0.364. The van der Waals surface area contributed by atoms with Gasteiger partial charge in [0.2, 0.25) is 0 Å². The van der Waals surface area contributed by atoms with Gasteiger partial charge in [0.1, 0.15) is 17.7 Å². The molecule has 0 aromatic carbocycles. The molecule has 1 heterocycles. The third kappa shape index (κ3) is 3.82. The molecule has 0 fully saturated rings. The summed E-state index contributed by atoms with van der Waals surface area (Å²) in [6, 6.07) is 6.40. The molecule has 0 radical (unpaired) electrons. The van der Waals surface area contributed by atoms with Gasteiger partial charge in [-0.1, -0.05) is 0 Å². The van der Waals surface area contributed by atoms with Crippen LogP contribution in [0.3, 0.4) is 0 Å². The van der Waals surface area contributed by atoms with Gasteiger partial charge in [-0.3, -0.25) is 5.32 Å². The summed E-state index contributed by atoms with van der Waals surface area (Å²) in [5, 5.41) is 30.3. The van der Waals surface area contributed by atoms with Crippen molar-refractivity contribution in [3.05, 3.63) is 17.7 Å². The lowest BCUT2D eigenvalue weighted by atomic mass is 9.96. The molecular formula is C14H18N6. The lowest BCUT2D eigenvalue weighted by Crippen LogP contribution is -2.45. The van der Waals surface area contributed by atoms with Gasteiger partial charge in [0.05, 0.1) is 12.4 Å². The molecule has 1 N–H and O–H groups in total. The van der Waals surface area contributed by atoms with Gasteiger partial charge in [0, 0.05) is 12.6 Å². The topological polar surface area (TPSA) is 101 Å². The van der Waals surface area contributed by atoms with E-state index >= 15 is 0 Å². The molecule has 0 bridgehead atoms. The molecule has 104 valence electrons. The fourth-order valence-corrected chi connectivity index (χ4v) is 2.15. The summed E-state index contributed by atoms with van der Waals surface area (Å²) in [4.78, 5) is 3.89. The first-order valence-corrected chi connectivity index (χ1v) is 6.50. The lowest BCUT2D eigenvalue weighted by Gasteiger charge is -2.25. The van der Waals surface area contributed by atoms with Crippen molar-refractivity contribution < 1.29 is 0 Å². The number of hydrogen-bond donors (Lipinski definition) is 1. The number of nitrogens with zero attached hydrogens (tertiary/aromatic N) is 5. The van der Waals surface area contributed by atoms with Crippen LogP contribution in [0.1, 0.15) is 45.0 Å². The largest absolute Gasteiger partial charge is 0.321 e. The van der Waals surface area contributed by atoms with E-state index in [1.54, 1.807) is 4.57 Å². The monoisotopic (exact) mass is 270 g/mol. The van der Waals surface area contributed by atoms with Crippen molar-refractivity contribution in [2.75, 3.05) is 0 Å². The molecule has 0 saturated heterocycles. The molecule has 6 nitrogen and oxygen atoms in total. The average Bonchev–Trinajstić information content (AvgIpc) is 2.80. The molecule has 0 aliphatic heterocycles. The maximum atomic E-state index is 9.25. The van der Waals surface area contributed by atoms with Crippen molar-refractivity contribution in [1.82, 2.24) is 14.9 Å². The Labute approximate surface area is 119 Å². The molecule has 1 unspecified atom stereocenters. The molecule has 1 aromatic rings. The van der Waals surface area contributed by atoms with E-state index in [0.717, 1.165) is 6.42 Å². The summed E-state index contributed by atoms with van der Waals surface area (Å²) in [5.74, 6) is 0. The molecule has 0 spiro atoms. The highest BCUT2D eigenvalue weighted by atomic mass is 15.1. The maximum Gasteiger partial charge on any atom is 0.176 e. The van der Waals surface area contributed by atoms with Crippen LogP contribution < -0.4 is 5.32 Å². The molecule has 0 amide bonds. The Bertz CT molecular complexity index is 580. The van der Waals surface area contributed by atoms with E-state index < -0.39 is 5.54 Å². The number of aromatic nitrogens is 2. The maximum absolute atomic E-state index is 9.25. The predicted molar refractivity (Wildman–Crippen MR) is 73.2 cm³/mol. The Morgan fingerprint density at radius 3 is 2.55 bits per heavy atom. The third-order valence-electron chi connectivity index (χ3n) is 2.98. The van der Waals surface area contributed by atoms with Crippen LogP contribution >= 0.6 is 0 Å². The number of nitrogens with one attached hydrogen (secondary N) is 1. The Morgan fingerprint density at radius 1 is 1.35 bits per heavy atom. The fourth-order valence-electron chi connectivity index (χ4n) is 2.15. The van der Waals surface area contributed by atoms with E-state index in [2.05, 4.69) is 16.4 Å². The molecule has 0 aliphatic carbocycles. The van der Waals surface area contributed by atoms with E-state index in [1.165, 1.54) is 6.33 Å². The summed E-state index contributed by atoms with van der Waals surface area (Å²) in [6.45, 7) is 6.43. The van der Waals surface area contributed by atoms with Crippen molar-refractivity contribution in [1.29, 1.82) is 15.8 Å². The Hall–Kier alpha value is -2.36. The average molecular weight is 270 g/mol.